The van der Waals surface area contributed by atoms with Crippen LogP contribution in [-0.4, -0.2) is 93.5 Å². The summed E-state index contributed by atoms with van der Waals surface area (Å²) in [4.78, 5) is 0. The Morgan fingerprint density at radius 3 is 1.38 bits per heavy atom. The van der Waals surface area contributed by atoms with Crippen LogP contribution in [0.4, 0.5) is 0 Å². The van der Waals surface area contributed by atoms with Crippen LogP contribution in [0, 0.1) is 17.8 Å². The molecule has 0 rings (SSSR count). The minimum absolute atomic E-state index is 0.0915. The van der Waals surface area contributed by atoms with E-state index in [2.05, 4.69) is 41.5 Å². The maximum atomic E-state index is 9.17. The van der Waals surface area contributed by atoms with Crippen molar-refractivity contribution in [1.82, 2.24) is 0 Å². The van der Waals surface area contributed by atoms with Crippen molar-refractivity contribution in [2.75, 3.05) is 44.5 Å². The van der Waals surface area contributed by atoms with Gasteiger partial charge in [0.1, 0.15) is 6.10 Å². The molecule has 0 aromatic carbocycles. The van der Waals surface area contributed by atoms with Crippen molar-refractivity contribution >= 4 is 11.8 Å². The van der Waals surface area contributed by atoms with Crippen LogP contribution < -0.4 is 0 Å². The standard InChI is InChI=1S/C12H26O2.C11H24O3.C11H24O2S/c1-3-5-7-11(4-2)8-6-9-12(14)10-13;2*1-3-5-6-10(4-2)8-14-9-11(13)7-12/h11-14H,3-10H2,1-2H3;2*10-13H,3-9H2,1-2H3. The fraction of sp³-hybridized carbons (Fsp3) is 1.00. The maximum absolute atomic E-state index is 9.17. The summed E-state index contributed by atoms with van der Waals surface area (Å²) in [5, 5.41) is 53.2. The van der Waals surface area contributed by atoms with Crippen molar-refractivity contribution in [2.24, 2.45) is 17.8 Å². The summed E-state index contributed by atoms with van der Waals surface area (Å²) in [6.45, 7) is 13.8. The number of ether oxygens (including phenoxy) is 1. The summed E-state index contributed by atoms with van der Waals surface area (Å²) in [6.07, 6.45) is 16.3. The molecule has 0 aromatic rings. The van der Waals surface area contributed by atoms with Gasteiger partial charge >= 0.3 is 0 Å². The van der Waals surface area contributed by atoms with Gasteiger partial charge in [-0.15, -0.1) is 0 Å². The summed E-state index contributed by atoms with van der Waals surface area (Å²) in [6, 6.07) is 0. The average Bonchev–Trinajstić information content (AvgIpc) is 3.02. The highest BCUT2D eigenvalue weighted by atomic mass is 32.2. The predicted molar refractivity (Wildman–Crippen MR) is 181 cm³/mol. The van der Waals surface area contributed by atoms with E-state index in [1.54, 1.807) is 11.8 Å². The van der Waals surface area contributed by atoms with Gasteiger partial charge in [-0.05, 0) is 42.8 Å². The summed E-state index contributed by atoms with van der Waals surface area (Å²) in [5.41, 5.74) is 0. The van der Waals surface area contributed by atoms with E-state index in [4.69, 9.17) is 35.4 Å². The number of unbranched alkanes of at least 4 members (excludes halogenated alkanes) is 3. The van der Waals surface area contributed by atoms with Crippen LogP contribution in [0.15, 0.2) is 0 Å². The Kier molecular flexibility index (Phi) is 41.2. The molecular weight excluding hydrogens is 552 g/mol. The van der Waals surface area contributed by atoms with Gasteiger partial charge in [-0.2, -0.15) is 11.8 Å². The quantitative estimate of drug-likeness (QED) is 0.0602. The average molecular weight is 627 g/mol. The molecule has 6 atom stereocenters. The molecule has 0 aliphatic rings. The molecule has 0 spiro atoms. The van der Waals surface area contributed by atoms with Crippen LogP contribution in [-0.2, 0) is 4.74 Å². The molecule has 258 valence electrons. The Morgan fingerprint density at radius 2 is 0.929 bits per heavy atom. The van der Waals surface area contributed by atoms with E-state index in [9.17, 15) is 0 Å². The first-order chi connectivity index (χ1) is 20.2. The van der Waals surface area contributed by atoms with Gasteiger partial charge in [0, 0.05) is 12.4 Å². The van der Waals surface area contributed by atoms with Crippen molar-refractivity contribution < 1.29 is 35.4 Å². The molecule has 6 unspecified atom stereocenters. The molecule has 7 nitrogen and oxygen atoms in total. The highest BCUT2D eigenvalue weighted by molar-refractivity contribution is 7.99. The van der Waals surface area contributed by atoms with Crippen molar-refractivity contribution in [3.05, 3.63) is 0 Å². The van der Waals surface area contributed by atoms with Crippen LogP contribution in [0.2, 0.25) is 0 Å². The van der Waals surface area contributed by atoms with E-state index in [1.807, 2.05) is 0 Å². The first kappa shape index (κ1) is 46.5. The summed E-state index contributed by atoms with van der Waals surface area (Å²) in [5.74, 6) is 3.99. The van der Waals surface area contributed by atoms with E-state index < -0.39 is 18.3 Å². The Morgan fingerprint density at radius 1 is 0.476 bits per heavy atom. The minimum atomic E-state index is -0.723. The van der Waals surface area contributed by atoms with Gasteiger partial charge in [0.15, 0.2) is 0 Å². The van der Waals surface area contributed by atoms with Gasteiger partial charge < -0.3 is 35.4 Å². The van der Waals surface area contributed by atoms with Crippen molar-refractivity contribution in [2.45, 2.75) is 156 Å². The topological polar surface area (TPSA) is 131 Å². The van der Waals surface area contributed by atoms with E-state index in [0.29, 0.717) is 18.3 Å². The Bertz CT molecular complexity index is 420. The third-order valence-electron chi connectivity index (χ3n) is 7.74. The van der Waals surface area contributed by atoms with Gasteiger partial charge in [-0.3, -0.25) is 0 Å². The molecule has 0 bridgehead atoms. The largest absolute Gasteiger partial charge is 0.394 e. The number of hydrogen-bond acceptors (Lipinski definition) is 8. The zero-order chi connectivity index (χ0) is 32.4. The highest BCUT2D eigenvalue weighted by Gasteiger charge is 2.10. The van der Waals surface area contributed by atoms with Gasteiger partial charge in [0.25, 0.3) is 0 Å². The number of aliphatic hydroxyl groups is 6. The molecule has 0 radical (unpaired) electrons. The van der Waals surface area contributed by atoms with Gasteiger partial charge in [0.2, 0.25) is 0 Å². The molecular formula is C34H74O7S. The smallest absolute Gasteiger partial charge is 0.100 e. The van der Waals surface area contributed by atoms with Crippen LogP contribution in [0.25, 0.3) is 0 Å². The lowest BCUT2D eigenvalue weighted by atomic mass is 9.93. The summed E-state index contributed by atoms with van der Waals surface area (Å²) in [7, 11) is 0. The molecule has 8 heteroatoms. The van der Waals surface area contributed by atoms with Crippen molar-refractivity contribution in [1.29, 1.82) is 0 Å². The monoisotopic (exact) mass is 627 g/mol. The lowest BCUT2D eigenvalue weighted by molar-refractivity contribution is -0.00599. The van der Waals surface area contributed by atoms with E-state index >= 15 is 0 Å². The SMILES string of the molecule is CCCCC(CC)CCCC(O)CO.CCCCC(CC)COCC(O)CO.CCCCC(CC)CSCC(O)CO. The van der Waals surface area contributed by atoms with E-state index in [0.717, 1.165) is 36.9 Å². The minimum Gasteiger partial charge on any atom is -0.394 e. The first-order valence-corrected chi connectivity index (χ1v) is 18.4. The Hall–Kier alpha value is 0.0700. The van der Waals surface area contributed by atoms with E-state index in [-0.39, 0.29) is 26.4 Å². The molecule has 0 fully saturated rings. The third-order valence-corrected chi connectivity index (χ3v) is 9.07. The lowest BCUT2D eigenvalue weighted by Crippen LogP contribution is -2.21. The maximum Gasteiger partial charge on any atom is 0.100 e. The fourth-order valence-electron chi connectivity index (χ4n) is 4.42. The second-order valence-electron chi connectivity index (χ2n) is 11.8. The zero-order valence-electron chi connectivity index (χ0n) is 28.5. The molecule has 0 amide bonds. The number of hydrogen-bond donors (Lipinski definition) is 6. The fourth-order valence-corrected chi connectivity index (χ4v) is 5.67. The number of thioether (sulfide) groups is 1. The number of aliphatic hydroxyl groups excluding tert-OH is 6. The Balaban J connectivity index is -0.000000543. The van der Waals surface area contributed by atoms with Crippen molar-refractivity contribution in [3.8, 4) is 0 Å². The molecule has 0 saturated heterocycles. The highest BCUT2D eigenvalue weighted by Crippen LogP contribution is 2.20. The van der Waals surface area contributed by atoms with Gasteiger partial charge in [0.05, 0.1) is 38.6 Å². The number of rotatable bonds is 27. The molecule has 0 aliphatic heterocycles. The Labute approximate surface area is 265 Å². The predicted octanol–water partition coefficient (Wildman–Crippen LogP) is 6.59. The first-order valence-electron chi connectivity index (χ1n) is 17.2. The van der Waals surface area contributed by atoms with Gasteiger partial charge in [-0.1, -0.05) is 119 Å². The molecule has 42 heavy (non-hydrogen) atoms. The van der Waals surface area contributed by atoms with Crippen molar-refractivity contribution in [3.63, 3.8) is 0 Å². The van der Waals surface area contributed by atoms with E-state index in [1.165, 1.54) is 77.0 Å². The zero-order valence-corrected chi connectivity index (χ0v) is 29.3. The van der Waals surface area contributed by atoms with Crippen LogP contribution in [0.5, 0.6) is 0 Å². The van der Waals surface area contributed by atoms with Crippen LogP contribution >= 0.6 is 11.8 Å². The summed E-state index contributed by atoms with van der Waals surface area (Å²) >= 11 is 1.76. The lowest BCUT2D eigenvalue weighted by Gasteiger charge is -2.15. The second-order valence-corrected chi connectivity index (χ2v) is 12.8. The molecule has 6 N–H and O–H groups in total. The van der Waals surface area contributed by atoms with Crippen LogP contribution in [0.1, 0.15) is 138 Å². The molecule has 0 heterocycles. The third kappa shape index (κ3) is 34.6. The second kappa shape index (κ2) is 37.3. The van der Waals surface area contributed by atoms with Gasteiger partial charge in [-0.25, -0.2) is 0 Å². The summed E-state index contributed by atoms with van der Waals surface area (Å²) < 4.78 is 5.33. The molecule has 0 aliphatic carbocycles. The molecule has 0 aromatic heterocycles. The normalized spacial score (nSPS) is 15.4. The molecule has 0 saturated carbocycles. The van der Waals surface area contributed by atoms with Crippen LogP contribution in [0.3, 0.4) is 0 Å².